The second kappa shape index (κ2) is 6.89. The molecule has 0 spiro atoms. The summed E-state index contributed by atoms with van der Waals surface area (Å²) in [6.45, 7) is 7.86. The lowest BCUT2D eigenvalue weighted by Crippen LogP contribution is -2.46. The van der Waals surface area contributed by atoms with E-state index in [-0.39, 0.29) is 6.04 Å². The average molecular weight is 236 g/mol. The van der Waals surface area contributed by atoms with E-state index in [1.54, 1.807) is 12.2 Å². The molecule has 0 heterocycles. The van der Waals surface area contributed by atoms with Crippen LogP contribution in [0.15, 0.2) is 25.3 Å². The third-order valence-corrected chi connectivity index (χ3v) is 2.87. The highest BCUT2D eigenvalue weighted by Gasteiger charge is 2.24. The summed E-state index contributed by atoms with van der Waals surface area (Å²) in [6, 6.07) is 0.167. The molecule has 0 saturated heterocycles. The van der Waals surface area contributed by atoms with Gasteiger partial charge < -0.3 is 10.2 Å². The zero-order valence-corrected chi connectivity index (χ0v) is 10.2. The summed E-state index contributed by atoms with van der Waals surface area (Å²) >= 11 is 0. The van der Waals surface area contributed by atoms with E-state index in [4.69, 9.17) is 0 Å². The molecule has 1 aliphatic carbocycles. The van der Waals surface area contributed by atoms with Gasteiger partial charge in [-0.25, -0.2) is 0 Å². The molecule has 2 amide bonds. The molecule has 0 radical (unpaired) electrons. The molecule has 94 valence electrons. The highest BCUT2D eigenvalue weighted by molar-refractivity contribution is 6.35. The molecule has 0 aromatic carbocycles. The number of amides is 2. The first-order valence-corrected chi connectivity index (χ1v) is 6.00. The minimum atomic E-state index is -0.513. The van der Waals surface area contributed by atoms with Crippen LogP contribution in [0.2, 0.25) is 0 Å². The molecule has 1 N–H and O–H groups in total. The average Bonchev–Trinajstić information content (AvgIpc) is 2.80. The van der Waals surface area contributed by atoms with Gasteiger partial charge in [0.2, 0.25) is 0 Å². The highest BCUT2D eigenvalue weighted by Crippen LogP contribution is 2.17. The lowest BCUT2D eigenvalue weighted by molar-refractivity contribution is -0.145. The predicted molar refractivity (Wildman–Crippen MR) is 67.4 cm³/mol. The molecule has 0 aliphatic heterocycles. The number of carbonyl (C=O) groups is 2. The quantitative estimate of drug-likeness (QED) is 0.577. The van der Waals surface area contributed by atoms with Gasteiger partial charge in [-0.05, 0) is 12.8 Å². The summed E-state index contributed by atoms with van der Waals surface area (Å²) < 4.78 is 0. The fraction of sp³-hybridized carbons (Fsp3) is 0.538. The van der Waals surface area contributed by atoms with Crippen molar-refractivity contribution in [3.63, 3.8) is 0 Å². The van der Waals surface area contributed by atoms with Crippen LogP contribution in [-0.2, 0) is 9.59 Å². The second-order valence-electron chi connectivity index (χ2n) is 4.24. The van der Waals surface area contributed by atoms with Crippen molar-refractivity contribution in [2.75, 3.05) is 13.1 Å². The molecule has 1 fully saturated rings. The molecular formula is C13H20N2O2. The maximum atomic E-state index is 11.8. The maximum absolute atomic E-state index is 11.8. The van der Waals surface area contributed by atoms with Gasteiger partial charge in [0.15, 0.2) is 0 Å². The number of hydrogen-bond donors (Lipinski definition) is 1. The van der Waals surface area contributed by atoms with Gasteiger partial charge in [-0.15, -0.1) is 13.2 Å². The summed E-state index contributed by atoms with van der Waals surface area (Å²) in [4.78, 5) is 25.0. The van der Waals surface area contributed by atoms with Gasteiger partial charge in [0.1, 0.15) is 0 Å². The van der Waals surface area contributed by atoms with Crippen LogP contribution in [0.25, 0.3) is 0 Å². The van der Waals surface area contributed by atoms with Crippen LogP contribution >= 0.6 is 0 Å². The van der Waals surface area contributed by atoms with Crippen LogP contribution in [0, 0.1) is 0 Å². The van der Waals surface area contributed by atoms with Crippen molar-refractivity contribution in [3.05, 3.63) is 25.3 Å². The molecule has 0 atom stereocenters. The molecule has 0 aromatic rings. The molecule has 0 bridgehead atoms. The number of rotatable bonds is 5. The van der Waals surface area contributed by atoms with Crippen LogP contribution in [0.4, 0.5) is 0 Å². The largest absolute Gasteiger partial charge is 0.345 e. The van der Waals surface area contributed by atoms with Crippen molar-refractivity contribution < 1.29 is 9.59 Å². The standard InChI is InChI=1S/C13H20N2O2/c1-3-9-15(10-4-2)13(17)12(16)14-11-7-5-6-8-11/h3-4,11H,1-2,5-10H2,(H,14,16). The van der Waals surface area contributed by atoms with Crippen molar-refractivity contribution in [3.8, 4) is 0 Å². The van der Waals surface area contributed by atoms with Crippen LogP contribution < -0.4 is 5.32 Å². The fourth-order valence-corrected chi connectivity index (χ4v) is 2.01. The number of carbonyl (C=O) groups excluding carboxylic acids is 2. The van der Waals surface area contributed by atoms with Crippen molar-refractivity contribution in [2.45, 2.75) is 31.7 Å². The van der Waals surface area contributed by atoms with Crippen molar-refractivity contribution in [1.82, 2.24) is 10.2 Å². The summed E-state index contributed by atoms with van der Waals surface area (Å²) in [5.41, 5.74) is 0. The molecule has 0 aromatic heterocycles. The Hall–Kier alpha value is -1.58. The molecular weight excluding hydrogens is 216 g/mol. The highest BCUT2D eigenvalue weighted by atomic mass is 16.2. The topological polar surface area (TPSA) is 49.4 Å². The Morgan fingerprint density at radius 3 is 2.18 bits per heavy atom. The van der Waals surface area contributed by atoms with E-state index in [1.807, 2.05) is 0 Å². The first-order chi connectivity index (χ1) is 8.19. The third kappa shape index (κ3) is 4.06. The van der Waals surface area contributed by atoms with Gasteiger partial charge in [0.25, 0.3) is 0 Å². The van der Waals surface area contributed by atoms with E-state index in [0.29, 0.717) is 13.1 Å². The van der Waals surface area contributed by atoms with Crippen molar-refractivity contribution >= 4 is 11.8 Å². The molecule has 1 aliphatic rings. The van der Waals surface area contributed by atoms with E-state index in [9.17, 15) is 9.59 Å². The van der Waals surface area contributed by atoms with Gasteiger partial charge in [0.05, 0.1) is 0 Å². The van der Waals surface area contributed by atoms with Gasteiger partial charge >= 0.3 is 11.8 Å². The van der Waals surface area contributed by atoms with Gasteiger partial charge in [-0.2, -0.15) is 0 Å². The van der Waals surface area contributed by atoms with Crippen LogP contribution in [0.5, 0.6) is 0 Å². The Morgan fingerprint density at radius 2 is 1.71 bits per heavy atom. The summed E-state index contributed by atoms with van der Waals surface area (Å²) in [6.07, 6.45) is 7.41. The van der Waals surface area contributed by atoms with E-state index in [1.165, 1.54) is 4.90 Å². The van der Waals surface area contributed by atoms with Gasteiger partial charge in [-0.1, -0.05) is 25.0 Å². The SMILES string of the molecule is C=CCN(CC=C)C(=O)C(=O)NC1CCCC1. The number of hydrogen-bond acceptors (Lipinski definition) is 2. The van der Waals surface area contributed by atoms with Crippen molar-refractivity contribution in [1.29, 1.82) is 0 Å². The van der Waals surface area contributed by atoms with Gasteiger partial charge in [0, 0.05) is 19.1 Å². The summed E-state index contributed by atoms with van der Waals surface area (Å²) in [5.74, 6) is -1.02. The number of nitrogens with one attached hydrogen (secondary N) is 1. The molecule has 0 unspecified atom stereocenters. The van der Waals surface area contributed by atoms with Crippen LogP contribution in [0.3, 0.4) is 0 Å². The van der Waals surface area contributed by atoms with Gasteiger partial charge in [-0.3, -0.25) is 9.59 Å². The molecule has 1 saturated carbocycles. The molecule has 4 nitrogen and oxygen atoms in total. The van der Waals surface area contributed by atoms with E-state index in [0.717, 1.165) is 25.7 Å². The smallest absolute Gasteiger partial charge is 0.312 e. The molecule has 17 heavy (non-hydrogen) atoms. The zero-order valence-electron chi connectivity index (χ0n) is 10.2. The Morgan fingerprint density at radius 1 is 1.18 bits per heavy atom. The minimum absolute atomic E-state index is 0.167. The Labute approximate surface area is 102 Å². The maximum Gasteiger partial charge on any atom is 0.312 e. The Balaban J connectivity index is 2.49. The normalized spacial score (nSPS) is 15.3. The monoisotopic (exact) mass is 236 g/mol. The first-order valence-electron chi connectivity index (χ1n) is 6.00. The van der Waals surface area contributed by atoms with E-state index < -0.39 is 11.8 Å². The summed E-state index contributed by atoms with van der Waals surface area (Å²) in [5, 5.41) is 2.78. The second-order valence-corrected chi connectivity index (χ2v) is 4.24. The zero-order chi connectivity index (χ0) is 12.7. The lowest BCUT2D eigenvalue weighted by Gasteiger charge is -2.20. The van der Waals surface area contributed by atoms with Crippen LogP contribution in [0.1, 0.15) is 25.7 Å². The van der Waals surface area contributed by atoms with Crippen molar-refractivity contribution in [2.24, 2.45) is 0 Å². The van der Waals surface area contributed by atoms with Crippen LogP contribution in [-0.4, -0.2) is 35.8 Å². The first kappa shape index (κ1) is 13.5. The summed E-state index contributed by atoms with van der Waals surface area (Å²) in [7, 11) is 0. The molecule has 4 heteroatoms. The fourth-order valence-electron chi connectivity index (χ4n) is 2.01. The van der Waals surface area contributed by atoms with E-state index >= 15 is 0 Å². The minimum Gasteiger partial charge on any atom is -0.345 e. The lowest BCUT2D eigenvalue weighted by atomic mass is 10.2. The Bertz CT molecular complexity index is 297. The Kier molecular flexibility index (Phi) is 5.46. The predicted octanol–water partition coefficient (Wildman–Crippen LogP) is 1.25. The molecule has 1 rings (SSSR count). The van der Waals surface area contributed by atoms with E-state index in [2.05, 4.69) is 18.5 Å². The third-order valence-electron chi connectivity index (χ3n) is 2.87. The number of nitrogens with zero attached hydrogens (tertiary/aromatic N) is 1.